The first-order valence-corrected chi connectivity index (χ1v) is 11.2. The van der Waals surface area contributed by atoms with Crippen molar-refractivity contribution in [2.75, 3.05) is 19.7 Å². The molecule has 30 heavy (non-hydrogen) atoms. The standard InChI is InChI=1S/C23H31N3O3S/c1-15(2)10-11-26(12-18(27)14-29-19-8-6-5-7-9-19)13-20-24-22(28)21-16(3)17(4)30-23(21)25-20/h5-9,15,18,27H,10-14H2,1-4H3,(H,24,25,28)/t18-/m0/s1. The minimum absolute atomic E-state index is 0.0892. The maximum absolute atomic E-state index is 12.6. The van der Waals surface area contributed by atoms with Crippen molar-refractivity contribution in [3.8, 4) is 5.75 Å². The summed E-state index contributed by atoms with van der Waals surface area (Å²) in [6.45, 7) is 10.3. The Morgan fingerprint density at radius 1 is 1.23 bits per heavy atom. The van der Waals surface area contributed by atoms with Gasteiger partial charge in [-0.15, -0.1) is 11.3 Å². The normalized spacial score (nSPS) is 12.8. The zero-order chi connectivity index (χ0) is 21.7. The molecular weight excluding hydrogens is 398 g/mol. The second-order valence-corrected chi connectivity index (χ2v) is 9.37. The number of rotatable bonds is 10. The number of nitrogens with one attached hydrogen (secondary N) is 1. The van der Waals surface area contributed by atoms with Crippen molar-refractivity contribution in [2.24, 2.45) is 5.92 Å². The number of nitrogens with zero attached hydrogens (tertiary/aromatic N) is 2. The van der Waals surface area contributed by atoms with Crippen LogP contribution < -0.4 is 10.3 Å². The van der Waals surface area contributed by atoms with Crippen molar-refractivity contribution in [3.63, 3.8) is 0 Å². The minimum atomic E-state index is -0.640. The monoisotopic (exact) mass is 429 g/mol. The van der Waals surface area contributed by atoms with Gasteiger partial charge >= 0.3 is 0 Å². The number of aryl methyl sites for hydroxylation is 2. The van der Waals surface area contributed by atoms with Gasteiger partial charge in [0, 0.05) is 11.4 Å². The van der Waals surface area contributed by atoms with Gasteiger partial charge in [0.1, 0.15) is 29.1 Å². The average molecular weight is 430 g/mol. The van der Waals surface area contributed by atoms with Crippen molar-refractivity contribution in [2.45, 2.75) is 46.8 Å². The van der Waals surface area contributed by atoms with E-state index in [0.717, 1.165) is 34.0 Å². The van der Waals surface area contributed by atoms with E-state index in [1.807, 2.05) is 44.2 Å². The van der Waals surface area contributed by atoms with Gasteiger partial charge < -0.3 is 14.8 Å². The van der Waals surface area contributed by atoms with Crippen LogP contribution in [0.4, 0.5) is 0 Å². The number of aromatic nitrogens is 2. The predicted molar refractivity (Wildman–Crippen MR) is 122 cm³/mol. The second kappa shape index (κ2) is 10.2. The molecule has 0 saturated heterocycles. The van der Waals surface area contributed by atoms with Gasteiger partial charge in [0.25, 0.3) is 5.56 Å². The third kappa shape index (κ3) is 5.90. The van der Waals surface area contributed by atoms with Crippen molar-refractivity contribution >= 4 is 21.6 Å². The molecule has 0 saturated carbocycles. The summed E-state index contributed by atoms with van der Waals surface area (Å²) in [7, 11) is 0. The summed E-state index contributed by atoms with van der Waals surface area (Å²) in [5, 5.41) is 11.2. The number of para-hydroxylation sites is 1. The van der Waals surface area contributed by atoms with Gasteiger partial charge in [-0.1, -0.05) is 32.0 Å². The Kier molecular flexibility index (Phi) is 7.64. The van der Waals surface area contributed by atoms with Crippen molar-refractivity contribution in [1.29, 1.82) is 0 Å². The maximum Gasteiger partial charge on any atom is 0.259 e. The highest BCUT2D eigenvalue weighted by atomic mass is 32.1. The van der Waals surface area contributed by atoms with Gasteiger partial charge in [0.05, 0.1) is 11.9 Å². The van der Waals surface area contributed by atoms with Crippen molar-refractivity contribution in [1.82, 2.24) is 14.9 Å². The predicted octanol–water partition coefficient (Wildman–Crippen LogP) is 3.89. The summed E-state index contributed by atoms with van der Waals surface area (Å²) < 4.78 is 5.69. The van der Waals surface area contributed by atoms with E-state index in [4.69, 9.17) is 9.72 Å². The summed E-state index contributed by atoms with van der Waals surface area (Å²) in [5.41, 5.74) is 0.911. The van der Waals surface area contributed by atoms with E-state index in [1.165, 1.54) is 0 Å². The molecule has 2 N–H and O–H groups in total. The lowest BCUT2D eigenvalue weighted by Gasteiger charge is -2.25. The van der Waals surface area contributed by atoms with Crippen LogP contribution in [0.25, 0.3) is 10.2 Å². The van der Waals surface area contributed by atoms with Crippen molar-refractivity contribution in [3.05, 3.63) is 57.0 Å². The topological polar surface area (TPSA) is 78.5 Å². The molecule has 0 bridgehead atoms. The zero-order valence-corrected chi connectivity index (χ0v) is 19.0. The summed E-state index contributed by atoms with van der Waals surface area (Å²) in [6.07, 6.45) is 0.356. The molecule has 0 aliphatic carbocycles. The average Bonchev–Trinajstić information content (AvgIpc) is 2.99. The molecule has 2 aromatic heterocycles. The molecule has 3 aromatic rings. The lowest BCUT2D eigenvalue weighted by molar-refractivity contribution is 0.0631. The highest BCUT2D eigenvalue weighted by Gasteiger charge is 2.17. The Bertz CT molecular complexity index is 1010. The largest absolute Gasteiger partial charge is 0.491 e. The Morgan fingerprint density at radius 3 is 2.67 bits per heavy atom. The number of thiophene rings is 1. The van der Waals surface area contributed by atoms with Gasteiger partial charge in [0.15, 0.2) is 0 Å². The summed E-state index contributed by atoms with van der Waals surface area (Å²) in [4.78, 5) is 24.2. The molecule has 7 heteroatoms. The van der Waals surface area contributed by atoms with E-state index < -0.39 is 6.10 Å². The lowest BCUT2D eigenvalue weighted by Crippen LogP contribution is -2.37. The summed E-state index contributed by atoms with van der Waals surface area (Å²) in [5.74, 6) is 1.92. The lowest BCUT2D eigenvalue weighted by atomic mass is 10.1. The van der Waals surface area contributed by atoms with Crippen LogP contribution in [0.5, 0.6) is 5.75 Å². The molecule has 6 nitrogen and oxygen atoms in total. The number of hydrogen-bond donors (Lipinski definition) is 2. The smallest absolute Gasteiger partial charge is 0.259 e. The molecule has 0 amide bonds. The number of aliphatic hydroxyl groups excluding tert-OH is 1. The first-order chi connectivity index (χ1) is 14.3. The Labute approximate surface area is 181 Å². The Hall–Kier alpha value is -2.22. The molecule has 1 atom stereocenters. The van der Waals surface area contributed by atoms with Crippen LogP contribution in [0, 0.1) is 19.8 Å². The molecule has 0 spiro atoms. The van der Waals surface area contributed by atoms with E-state index in [1.54, 1.807) is 11.3 Å². The summed E-state index contributed by atoms with van der Waals surface area (Å²) in [6, 6.07) is 9.49. The number of ether oxygens (including phenoxy) is 1. The van der Waals surface area contributed by atoms with Crippen LogP contribution in [0.3, 0.4) is 0 Å². The third-order valence-electron chi connectivity index (χ3n) is 5.14. The fourth-order valence-electron chi connectivity index (χ4n) is 3.32. The molecule has 0 fully saturated rings. The van der Waals surface area contributed by atoms with E-state index in [2.05, 4.69) is 23.7 Å². The van der Waals surface area contributed by atoms with E-state index >= 15 is 0 Å². The molecule has 0 aliphatic rings. The number of benzene rings is 1. The molecular formula is C23H31N3O3S. The number of aromatic amines is 1. The highest BCUT2D eigenvalue weighted by molar-refractivity contribution is 7.18. The number of hydrogen-bond acceptors (Lipinski definition) is 6. The van der Waals surface area contributed by atoms with Gasteiger partial charge in [-0.25, -0.2) is 4.98 Å². The third-order valence-corrected chi connectivity index (χ3v) is 6.24. The van der Waals surface area contributed by atoms with E-state index in [0.29, 0.717) is 30.2 Å². The first kappa shape index (κ1) is 22.5. The van der Waals surface area contributed by atoms with Gasteiger partial charge in [0.2, 0.25) is 0 Å². The van der Waals surface area contributed by atoms with Gasteiger partial charge in [-0.3, -0.25) is 9.69 Å². The van der Waals surface area contributed by atoms with Crippen LogP contribution in [0.1, 0.15) is 36.5 Å². The highest BCUT2D eigenvalue weighted by Crippen LogP contribution is 2.25. The van der Waals surface area contributed by atoms with Gasteiger partial charge in [-0.05, 0) is 50.4 Å². The SMILES string of the molecule is Cc1sc2nc(CN(CCC(C)C)C[C@H](O)COc3ccccc3)[nH]c(=O)c2c1C. The van der Waals surface area contributed by atoms with E-state index in [9.17, 15) is 9.90 Å². The van der Waals surface area contributed by atoms with Crippen LogP contribution in [-0.2, 0) is 6.54 Å². The molecule has 2 heterocycles. The van der Waals surface area contributed by atoms with Crippen LogP contribution >= 0.6 is 11.3 Å². The quantitative estimate of drug-likeness (QED) is 0.511. The minimum Gasteiger partial charge on any atom is -0.491 e. The van der Waals surface area contributed by atoms with Crippen LogP contribution in [-0.4, -0.2) is 45.8 Å². The second-order valence-electron chi connectivity index (χ2n) is 8.17. The molecule has 0 radical (unpaired) electrons. The fourth-order valence-corrected chi connectivity index (χ4v) is 4.37. The fraction of sp³-hybridized carbons (Fsp3) is 0.478. The number of fused-ring (bicyclic) bond motifs is 1. The van der Waals surface area contributed by atoms with Crippen molar-refractivity contribution < 1.29 is 9.84 Å². The molecule has 0 aliphatic heterocycles. The Morgan fingerprint density at radius 2 is 1.97 bits per heavy atom. The molecule has 162 valence electrons. The molecule has 3 rings (SSSR count). The first-order valence-electron chi connectivity index (χ1n) is 10.4. The van der Waals surface area contributed by atoms with Crippen LogP contribution in [0.15, 0.2) is 35.1 Å². The number of aliphatic hydroxyl groups is 1. The van der Waals surface area contributed by atoms with Crippen LogP contribution in [0.2, 0.25) is 0 Å². The number of H-pyrrole nitrogens is 1. The molecule has 0 unspecified atom stereocenters. The Balaban J connectivity index is 1.70. The molecule has 1 aromatic carbocycles. The zero-order valence-electron chi connectivity index (χ0n) is 18.1. The summed E-state index contributed by atoms with van der Waals surface area (Å²) >= 11 is 1.55. The maximum atomic E-state index is 12.6. The van der Waals surface area contributed by atoms with Gasteiger partial charge in [-0.2, -0.15) is 0 Å². The van der Waals surface area contributed by atoms with E-state index in [-0.39, 0.29) is 12.2 Å².